The zero-order chi connectivity index (χ0) is 14.1. The van der Waals surface area contributed by atoms with Crippen molar-refractivity contribution in [2.24, 2.45) is 0 Å². The average molecular weight is 295 g/mol. The Labute approximate surface area is 110 Å². The van der Waals surface area contributed by atoms with Gasteiger partial charge in [0, 0.05) is 6.92 Å². The van der Waals surface area contributed by atoms with Crippen LogP contribution in [0.15, 0.2) is 0 Å². The highest BCUT2D eigenvalue weighted by Crippen LogP contribution is 2.28. The van der Waals surface area contributed by atoms with E-state index in [1.54, 1.807) is 0 Å². The molecule has 6 heteroatoms. The van der Waals surface area contributed by atoms with E-state index in [9.17, 15) is 0 Å². The summed E-state index contributed by atoms with van der Waals surface area (Å²) in [6.07, 6.45) is 0. The van der Waals surface area contributed by atoms with E-state index in [4.69, 9.17) is 13.3 Å². The lowest BCUT2D eigenvalue weighted by Gasteiger charge is -2.43. The van der Waals surface area contributed by atoms with E-state index in [0.29, 0.717) is 0 Å². The molecule has 0 N–H and O–H groups in total. The highest BCUT2D eigenvalue weighted by atomic mass is 28.4. The Morgan fingerprint density at radius 1 is 0.529 bits per heavy atom. The summed E-state index contributed by atoms with van der Waals surface area (Å²) in [6.45, 7) is 21.4. The van der Waals surface area contributed by atoms with Gasteiger partial charge in [-0.2, -0.15) is 0 Å². The van der Waals surface area contributed by atoms with Crippen LogP contribution in [-0.4, -0.2) is 30.9 Å². The number of rotatable bonds is 6. The average Bonchev–Trinajstić information content (AvgIpc) is 1.65. The molecular formula is C11H30O3Si3. The predicted molar refractivity (Wildman–Crippen MR) is 81.7 cm³/mol. The van der Waals surface area contributed by atoms with Crippen LogP contribution in [0.1, 0.15) is 6.92 Å². The summed E-state index contributed by atoms with van der Waals surface area (Å²) in [5.41, 5.74) is 0. The quantitative estimate of drug-likeness (QED) is 0.542. The second kappa shape index (κ2) is 5.26. The zero-order valence-corrected chi connectivity index (χ0v) is 16.2. The molecule has 0 saturated heterocycles. The molecule has 0 rings (SSSR count). The first-order chi connectivity index (χ1) is 7.12. The Morgan fingerprint density at radius 2 is 0.706 bits per heavy atom. The second-order valence-electron chi connectivity index (χ2n) is 7.51. The van der Waals surface area contributed by atoms with Gasteiger partial charge in [-0.25, -0.2) is 0 Å². The molecule has 104 valence electrons. The monoisotopic (exact) mass is 294 g/mol. The first kappa shape index (κ1) is 17.5. The standard InChI is InChI=1S/C11H30O3Si3/c1-11(12-15(2,3)4,13-16(5,6)7)14-17(8,9)10/h1-10H3. The normalized spacial score (nSPS) is 15.2. The van der Waals surface area contributed by atoms with Crippen molar-refractivity contribution in [3.63, 3.8) is 0 Å². The van der Waals surface area contributed by atoms with Crippen molar-refractivity contribution in [1.82, 2.24) is 0 Å². The van der Waals surface area contributed by atoms with Crippen LogP contribution in [0.3, 0.4) is 0 Å². The third kappa shape index (κ3) is 10.2. The van der Waals surface area contributed by atoms with Crippen LogP contribution in [0.2, 0.25) is 58.9 Å². The van der Waals surface area contributed by atoms with E-state index in [1.165, 1.54) is 0 Å². The molecule has 0 fully saturated rings. The summed E-state index contributed by atoms with van der Waals surface area (Å²) in [5, 5.41) is 0. The predicted octanol–water partition coefficient (Wildman–Crippen LogP) is 4.21. The topological polar surface area (TPSA) is 27.7 Å². The van der Waals surface area contributed by atoms with Crippen LogP contribution in [-0.2, 0) is 13.3 Å². The smallest absolute Gasteiger partial charge is 0.251 e. The van der Waals surface area contributed by atoms with Crippen LogP contribution >= 0.6 is 0 Å². The lowest BCUT2D eigenvalue weighted by atomic mass is 10.7. The first-order valence-corrected chi connectivity index (χ1v) is 16.4. The minimum Gasteiger partial charge on any atom is -0.371 e. The number of hydrogen-bond acceptors (Lipinski definition) is 3. The maximum Gasteiger partial charge on any atom is 0.251 e. The van der Waals surface area contributed by atoms with Crippen molar-refractivity contribution in [3.8, 4) is 0 Å². The van der Waals surface area contributed by atoms with Gasteiger partial charge in [-0.15, -0.1) is 0 Å². The largest absolute Gasteiger partial charge is 0.371 e. The Morgan fingerprint density at radius 3 is 0.824 bits per heavy atom. The molecule has 0 atom stereocenters. The van der Waals surface area contributed by atoms with Crippen molar-refractivity contribution >= 4 is 25.0 Å². The molecule has 0 saturated carbocycles. The van der Waals surface area contributed by atoms with Gasteiger partial charge in [-0.1, -0.05) is 0 Å². The molecule has 0 spiro atoms. The van der Waals surface area contributed by atoms with Gasteiger partial charge in [0.15, 0.2) is 25.0 Å². The van der Waals surface area contributed by atoms with Gasteiger partial charge in [0.25, 0.3) is 5.97 Å². The second-order valence-corrected chi connectivity index (χ2v) is 20.8. The van der Waals surface area contributed by atoms with Gasteiger partial charge in [0.2, 0.25) is 0 Å². The Bertz CT molecular complexity index is 207. The summed E-state index contributed by atoms with van der Waals surface area (Å²) in [5.74, 6) is -0.862. The summed E-state index contributed by atoms with van der Waals surface area (Å²) in [7, 11) is -5.09. The molecule has 0 aromatic carbocycles. The van der Waals surface area contributed by atoms with Crippen molar-refractivity contribution < 1.29 is 13.3 Å². The molecule has 0 aliphatic rings. The lowest BCUT2D eigenvalue weighted by Crippen LogP contribution is -2.54. The summed E-state index contributed by atoms with van der Waals surface area (Å²) in [4.78, 5) is 0. The minimum absolute atomic E-state index is 0.862. The fourth-order valence-electron chi connectivity index (χ4n) is 1.73. The Hall–Kier alpha value is 0.531. The van der Waals surface area contributed by atoms with E-state index in [0.717, 1.165) is 0 Å². The molecular weight excluding hydrogens is 264 g/mol. The van der Waals surface area contributed by atoms with Crippen molar-refractivity contribution in [3.05, 3.63) is 0 Å². The highest BCUT2D eigenvalue weighted by molar-refractivity contribution is 6.72. The van der Waals surface area contributed by atoms with Crippen LogP contribution < -0.4 is 0 Å². The fourth-order valence-corrected chi connectivity index (χ4v) is 5.57. The van der Waals surface area contributed by atoms with E-state index in [-0.39, 0.29) is 0 Å². The molecule has 0 aliphatic carbocycles. The maximum atomic E-state index is 6.14. The van der Waals surface area contributed by atoms with Gasteiger partial charge in [-0.05, 0) is 58.9 Å². The lowest BCUT2D eigenvalue weighted by molar-refractivity contribution is -0.255. The van der Waals surface area contributed by atoms with Gasteiger partial charge in [-0.3, -0.25) is 0 Å². The molecule has 0 unspecified atom stereocenters. The number of hydrogen-bond donors (Lipinski definition) is 0. The van der Waals surface area contributed by atoms with Gasteiger partial charge in [0.1, 0.15) is 0 Å². The van der Waals surface area contributed by atoms with E-state index >= 15 is 0 Å². The summed E-state index contributed by atoms with van der Waals surface area (Å²) >= 11 is 0. The molecule has 3 nitrogen and oxygen atoms in total. The molecule has 0 aliphatic heterocycles. The van der Waals surface area contributed by atoms with Gasteiger partial charge < -0.3 is 13.3 Å². The van der Waals surface area contributed by atoms with Crippen LogP contribution in [0.4, 0.5) is 0 Å². The molecule has 0 heterocycles. The zero-order valence-electron chi connectivity index (χ0n) is 13.2. The Balaban J connectivity index is 4.95. The molecule has 0 radical (unpaired) electrons. The van der Waals surface area contributed by atoms with Gasteiger partial charge in [0.05, 0.1) is 0 Å². The molecule has 0 bridgehead atoms. The summed E-state index contributed by atoms with van der Waals surface area (Å²) in [6, 6.07) is 0. The third-order valence-electron chi connectivity index (χ3n) is 1.47. The maximum absolute atomic E-state index is 6.14. The summed E-state index contributed by atoms with van der Waals surface area (Å²) < 4.78 is 18.4. The molecule has 17 heavy (non-hydrogen) atoms. The first-order valence-electron chi connectivity index (χ1n) is 6.22. The molecule has 0 aromatic heterocycles. The highest BCUT2D eigenvalue weighted by Gasteiger charge is 2.40. The van der Waals surface area contributed by atoms with E-state index in [2.05, 4.69) is 58.9 Å². The van der Waals surface area contributed by atoms with Crippen molar-refractivity contribution in [2.75, 3.05) is 0 Å². The van der Waals surface area contributed by atoms with Crippen LogP contribution in [0.25, 0.3) is 0 Å². The van der Waals surface area contributed by atoms with Crippen LogP contribution in [0.5, 0.6) is 0 Å². The van der Waals surface area contributed by atoms with Crippen molar-refractivity contribution in [2.45, 2.75) is 71.8 Å². The van der Waals surface area contributed by atoms with E-state index in [1.807, 2.05) is 6.92 Å². The Kier molecular flexibility index (Phi) is 5.42. The van der Waals surface area contributed by atoms with E-state index < -0.39 is 30.9 Å². The molecule has 0 amide bonds. The third-order valence-corrected chi connectivity index (χ3v) is 4.42. The van der Waals surface area contributed by atoms with Gasteiger partial charge >= 0.3 is 0 Å². The van der Waals surface area contributed by atoms with Crippen LogP contribution in [0, 0.1) is 0 Å². The molecule has 0 aromatic rings. The SMILES string of the molecule is CC(O[Si](C)(C)C)(O[Si](C)(C)C)O[Si](C)(C)C. The van der Waals surface area contributed by atoms with Crippen molar-refractivity contribution in [1.29, 1.82) is 0 Å². The minimum atomic E-state index is -1.70. The fraction of sp³-hybridized carbons (Fsp3) is 1.00.